The van der Waals surface area contributed by atoms with Gasteiger partial charge in [-0.25, -0.2) is 0 Å². The van der Waals surface area contributed by atoms with Gasteiger partial charge in [-0.05, 0) is 54.6 Å². The van der Waals surface area contributed by atoms with E-state index in [0.717, 1.165) is 25.9 Å². The number of nitrogens with one attached hydrogen (secondary N) is 1. The fourth-order valence-electron chi connectivity index (χ4n) is 2.77. The summed E-state index contributed by atoms with van der Waals surface area (Å²) in [7, 11) is 0. The molecule has 30 heavy (non-hydrogen) atoms. The van der Waals surface area contributed by atoms with Crippen molar-refractivity contribution in [1.82, 2.24) is 19.7 Å². The number of carbonyl (C=O) groups is 1. The van der Waals surface area contributed by atoms with E-state index in [9.17, 15) is 4.79 Å². The summed E-state index contributed by atoms with van der Waals surface area (Å²) < 4.78 is 3.83. The summed E-state index contributed by atoms with van der Waals surface area (Å²) in [5, 5.41) is 12.2. The topological polar surface area (TPSA) is 72.7 Å². The Labute approximate surface area is 194 Å². The molecule has 0 fully saturated rings. The molecule has 0 aliphatic heterocycles. The number of thioether (sulfide) groups is 1. The molecule has 0 saturated carbocycles. The van der Waals surface area contributed by atoms with E-state index in [0.29, 0.717) is 11.0 Å². The van der Waals surface area contributed by atoms with Crippen LogP contribution in [0, 0.1) is 0 Å². The molecule has 1 N–H and O–H groups in total. The van der Waals surface area contributed by atoms with Crippen molar-refractivity contribution in [3.05, 3.63) is 82.0 Å². The molecule has 0 radical (unpaired) electrons. The highest BCUT2D eigenvalue weighted by atomic mass is 79.9. The maximum absolute atomic E-state index is 12.4. The summed E-state index contributed by atoms with van der Waals surface area (Å²) in [5.41, 5.74) is 2.54. The van der Waals surface area contributed by atoms with Crippen molar-refractivity contribution in [3.8, 4) is 17.1 Å². The zero-order chi connectivity index (χ0) is 20.9. The highest BCUT2D eigenvalue weighted by Crippen LogP contribution is 2.28. The molecule has 0 bridgehead atoms. The average Bonchev–Trinajstić information content (AvgIpc) is 3.17. The van der Waals surface area contributed by atoms with Gasteiger partial charge in [-0.15, -0.1) is 10.2 Å². The minimum atomic E-state index is -0.117. The van der Waals surface area contributed by atoms with Crippen LogP contribution < -0.4 is 5.32 Å². The van der Waals surface area contributed by atoms with Crippen molar-refractivity contribution in [2.24, 2.45) is 0 Å². The fraction of sp³-hybridized carbons (Fsp3) is 0.0476. The van der Waals surface area contributed by atoms with Gasteiger partial charge in [0.2, 0.25) is 5.91 Å². The van der Waals surface area contributed by atoms with Crippen LogP contribution in [0.4, 0.5) is 5.69 Å². The van der Waals surface area contributed by atoms with Crippen molar-refractivity contribution in [2.75, 3.05) is 11.1 Å². The Morgan fingerprint density at radius 3 is 2.47 bits per heavy atom. The van der Waals surface area contributed by atoms with Crippen molar-refractivity contribution < 1.29 is 4.79 Å². The van der Waals surface area contributed by atoms with Crippen molar-refractivity contribution >= 4 is 55.2 Å². The molecule has 2 heterocycles. The van der Waals surface area contributed by atoms with Crippen LogP contribution in [-0.2, 0) is 4.79 Å². The van der Waals surface area contributed by atoms with Crippen molar-refractivity contribution in [3.63, 3.8) is 0 Å². The molecule has 2 aromatic heterocycles. The van der Waals surface area contributed by atoms with E-state index in [2.05, 4.69) is 52.4 Å². The van der Waals surface area contributed by atoms with Crippen molar-refractivity contribution in [1.29, 1.82) is 0 Å². The number of pyridine rings is 1. The number of benzene rings is 2. The Morgan fingerprint density at radius 1 is 0.967 bits per heavy atom. The first kappa shape index (κ1) is 20.8. The number of nitrogens with zero attached hydrogens (tertiary/aromatic N) is 4. The van der Waals surface area contributed by atoms with Gasteiger partial charge in [0.25, 0.3) is 0 Å². The number of hydrogen-bond acceptors (Lipinski definition) is 5. The van der Waals surface area contributed by atoms with Gasteiger partial charge < -0.3 is 5.32 Å². The maximum Gasteiger partial charge on any atom is 0.234 e. The lowest BCUT2D eigenvalue weighted by atomic mass is 10.2. The van der Waals surface area contributed by atoms with Crippen LogP contribution in [0.3, 0.4) is 0 Å². The minimum Gasteiger partial charge on any atom is -0.325 e. The van der Waals surface area contributed by atoms with Crippen LogP contribution in [0.25, 0.3) is 17.1 Å². The summed E-state index contributed by atoms with van der Waals surface area (Å²) in [6.45, 7) is 0. The van der Waals surface area contributed by atoms with Gasteiger partial charge in [0, 0.05) is 38.3 Å². The molecular weight excluding hydrogens is 530 g/mol. The molecule has 4 aromatic rings. The van der Waals surface area contributed by atoms with Gasteiger partial charge in [-0.3, -0.25) is 14.3 Å². The normalized spacial score (nSPS) is 10.7. The Bertz CT molecular complexity index is 1170. The first-order valence-electron chi connectivity index (χ1n) is 8.90. The lowest BCUT2D eigenvalue weighted by molar-refractivity contribution is -0.113. The number of anilines is 1. The largest absolute Gasteiger partial charge is 0.325 e. The number of hydrogen-bond donors (Lipinski definition) is 1. The van der Waals surface area contributed by atoms with Gasteiger partial charge in [0.05, 0.1) is 5.75 Å². The molecule has 0 unspecified atom stereocenters. The Hall–Kier alpha value is -2.49. The van der Waals surface area contributed by atoms with E-state index in [1.165, 1.54) is 11.8 Å². The number of rotatable bonds is 6. The predicted octanol–water partition coefficient (Wildman–Crippen LogP) is 5.59. The Morgan fingerprint density at radius 2 is 1.73 bits per heavy atom. The molecule has 0 aliphatic rings. The second-order valence-corrected chi connectivity index (χ2v) is 8.97. The third-order valence-corrected chi connectivity index (χ3v) is 6.05. The average molecular weight is 545 g/mol. The smallest absolute Gasteiger partial charge is 0.234 e. The van der Waals surface area contributed by atoms with Crippen LogP contribution in [-0.4, -0.2) is 31.4 Å². The number of carbonyl (C=O) groups excluding carboxylic acids is 1. The van der Waals surface area contributed by atoms with Crippen LogP contribution in [0.5, 0.6) is 0 Å². The lowest BCUT2D eigenvalue weighted by Gasteiger charge is -2.11. The minimum absolute atomic E-state index is 0.117. The molecule has 9 heteroatoms. The SMILES string of the molecule is O=C(CSc1nnc(-c2ccncc2)n1-c1ccc(Br)cc1)Nc1cccc(Br)c1. The van der Waals surface area contributed by atoms with E-state index < -0.39 is 0 Å². The molecule has 150 valence electrons. The second-order valence-electron chi connectivity index (χ2n) is 6.20. The fourth-order valence-corrected chi connectivity index (χ4v) is 4.18. The first-order valence-corrected chi connectivity index (χ1v) is 11.5. The molecule has 0 saturated heterocycles. The molecular formula is C21H15Br2N5OS. The standard InChI is InChI=1S/C21H15Br2N5OS/c22-15-4-6-18(7-5-15)28-20(14-8-10-24-11-9-14)26-27-21(28)30-13-19(29)25-17-3-1-2-16(23)12-17/h1-12H,13H2,(H,25,29). The monoisotopic (exact) mass is 543 g/mol. The Balaban J connectivity index is 1.59. The molecule has 6 nitrogen and oxygen atoms in total. The molecule has 2 aromatic carbocycles. The summed E-state index contributed by atoms with van der Waals surface area (Å²) in [4.78, 5) is 16.5. The van der Waals surface area contributed by atoms with E-state index in [1.807, 2.05) is 65.2 Å². The summed E-state index contributed by atoms with van der Waals surface area (Å²) in [6, 6.07) is 19.1. The molecule has 0 spiro atoms. The van der Waals surface area contributed by atoms with Crippen molar-refractivity contribution in [2.45, 2.75) is 5.16 Å². The van der Waals surface area contributed by atoms with E-state index in [1.54, 1.807) is 12.4 Å². The quantitative estimate of drug-likeness (QED) is 0.320. The molecule has 4 rings (SSSR count). The zero-order valence-corrected chi connectivity index (χ0v) is 19.5. The lowest BCUT2D eigenvalue weighted by Crippen LogP contribution is -2.14. The molecule has 0 atom stereocenters. The number of aromatic nitrogens is 4. The summed E-state index contributed by atoms with van der Waals surface area (Å²) >= 11 is 8.21. The van der Waals surface area contributed by atoms with E-state index in [-0.39, 0.29) is 11.7 Å². The molecule has 0 aliphatic carbocycles. The van der Waals surface area contributed by atoms with Gasteiger partial charge in [0.15, 0.2) is 11.0 Å². The number of halogens is 2. The highest BCUT2D eigenvalue weighted by molar-refractivity contribution is 9.10. The van der Waals surface area contributed by atoms with Crippen LogP contribution in [0.15, 0.2) is 87.2 Å². The second kappa shape index (κ2) is 9.55. The summed E-state index contributed by atoms with van der Waals surface area (Å²) in [5.74, 6) is 0.779. The predicted molar refractivity (Wildman–Crippen MR) is 126 cm³/mol. The Kier molecular flexibility index (Phi) is 6.61. The van der Waals surface area contributed by atoms with Gasteiger partial charge in [0.1, 0.15) is 0 Å². The maximum atomic E-state index is 12.4. The van der Waals surface area contributed by atoms with Crippen LogP contribution >= 0.6 is 43.6 Å². The van der Waals surface area contributed by atoms with Gasteiger partial charge in [-0.1, -0.05) is 49.7 Å². The van der Waals surface area contributed by atoms with Crippen LogP contribution in [0.2, 0.25) is 0 Å². The summed E-state index contributed by atoms with van der Waals surface area (Å²) in [6.07, 6.45) is 3.43. The molecule has 1 amide bonds. The van der Waals surface area contributed by atoms with Gasteiger partial charge in [-0.2, -0.15) is 0 Å². The van der Waals surface area contributed by atoms with E-state index >= 15 is 0 Å². The first-order chi connectivity index (χ1) is 14.6. The van der Waals surface area contributed by atoms with E-state index in [4.69, 9.17) is 0 Å². The highest BCUT2D eigenvalue weighted by Gasteiger charge is 2.17. The van der Waals surface area contributed by atoms with Gasteiger partial charge >= 0.3 is 0 Å². The number of amides is 1. The third kappa shape index (κ3) is 4.97. The zero-order valence-electron chi connectivity index (χ0n) is 15.5. The third-order valence-electron chi connectivity index (χ3n) is 4.10. The van der Waals surface area contributed by atoms with Crippen LogP contribution in [0.1, 0.15) is 0 Å².